The number of fused-ring (bicyclic) bond motifs is 7. The number of hydrogen-bond acceptors (Lipinski definition) is 4. The van der Waals surface area contributed by atoms with Crippen LogP contribution in [0.2, 0.25) is 0 Å². The summed E-state index contributed by atoms with van der Waals surface area (Å²) in [4.78, 5) is 13.4. The first kappa shape index (κ1) is 29.9. The van der Waals surface area contributed by atoms with E-state index in [1.165, 1.54) is 5.57 Å². The third kappa shape index (κ3) is 3.68. The zero-order valence-electron chi connectivity index (χ0n) is 25.0. The molecule has 5 aliphatic carbocycles. The summed E-state index contributed by atoms with van der Waals surface area (Å²) in [6.07, 6.45) is 10.3. The first-order valence-electron chi connectivity index (χ1n) is 14.8. The summed E-state index contributed by atoms with van der Waals surface area (Å²) in [6, 6.07) is 0. The molecule has 0 amide bonds. The van der Waals surface area contributed by atoms with E-state index in [0.717, 1.165) is 44.1 Å². The number of carbonyl (C=O) groups excluding carboxylic acids is 1. The van der Waals surface area contributed by atoms with Crippen molar-refractivity contribution < 1.29 is 30.6 Å². The van der Waals surface area contributed by atoms with Crippen molar-refractivity contribution in [1.82, 2.24) is 0 Å². The molecule has 0 spiro atoms. The maximum atomic E-state index is 13.4. The maximum absolute atomic E-state index is 13.4. The van der Waals surface area contributed by atoms with E-state index in [0.29, 0.717) is 24.7 Å². The van der Waals surface area contributed by atoms with Crippen LogP contribution in [0.4, 0.5) is 13.2 Å². The fourth-order valence-corrected chi connectivity index (χ4v) is 11.4. The number of Topliss-reactive ketones (excluding diaryl/α,β-unsaturated/α-hetero) is 1. The summed E-state index contributed by atoms with van der Waals surface area (Å²) in [5.74, 6) is 0.954. The number of allylic oxidation sites excluding steroid dienone is 5. The van der Waals surface area contributed by atoms with Crippen molar-refractivity contribution in [2.45, 2.75) is 105 Å². The molecule has 5 rings (SSSR count). The number of hydrogen-bond donors (Lipinski definition) is 0. The van der Waals surface area contributed by atoms with Crippen molar-refractivity contribution in [1.29, 1.82) is 0 Å². The average Bonchev–Trinajstić information content (AvgIpc) is 3.13. The van der Waals surface area contributed by atoms with Gasteiger partial charge in [-0.1, -0.05) is 54.5 Å². The highest BCUT2D eigenvalue weighted by Gasteiger charge is 2.69. The largest absolute Gasteiger partial charge is 0.534 e. The molecule has 0 bridgehead atoms. The Labute approximate surface area is 238 Å². The van der Waals surface area contributed by atoms with Crippen LogP contribution in [0.3, 0.4) is 0 Å². The van der Waals surface area contributed by atoms with Crippen LogP contribution in [0, 0.1) is 50.7 Å². The number of carbonyl (C=O) groups is 1. The summed E-state index contributed by atoms with van der Waals surface area (Å²) >= 11 is 0. The van der Waals surface area contributed by atoms with Crippen LogP contribution < -0.4 is 0 Å². The summed E-state index contributed by atoms with van der Waals surface area (Å²) in [7, 11) is -5.73. The Morgan fingerprint density at radius 3 is 2.23 bits per heavy atom. The van der Waals surface area contributed by atoms with E-state index in [2.05, 4.69) is 41.2 Å². The standard InChI is InChI=1S/C32H45F3O4S/c1-9-31-17-16-29(7)20(26(31)25(19(2)3)21(36)18-31)10-11-23-28(6)14-13-24(39-40(37,38)32(33,34)35)27(4,5)22(28)12-15-30(23,29)8/h9,13,19-20,22-23H,1,10-12,14-18H2,2-8H3/t20-,22+,23-,28+,29-,30-,31+/m1/s1. The van der Waals surface area contributed by atoms with Crippen LogP contribution >= 0.6 is 0 Å². The molecule has 3 fully saturated rings. The molecule has 0 aromatic carbocycles. The molecule has 4 nitrogen and oxygen atoms in total. The zero-order chi connectivity index (χ0) is 29.9. The van der Waals surface area contributed by atoms with Crippen molar-refractivity contribution in [2.75, 3.05) is 0 Å². The minimum atomic E-state index is -5.73. The molecule has 0 heterocycles. The number of rotatable bonds is 4. The van der Waals surface area contributed by atoms with Crippen LogP contribution in [0.1, 0.15) is 99.8 Å². The van der Waals surface area contributed by atoms with Gasteiger partial charge in [0.1, 0.15) is 5.76 Å². The predicted octanol–water partition coefficient (Wildman–Crippen LogP) is 8.51. The van der Waals surface area contributed by atoms with Gasteiger partial charge in [-0.05, 0) is 102 Å². The lowest BCUT2D eigenvalue weighted by atomic mass is 9.33. The van der Waals surface area contributed by atoms with Gasteiger partial charge in [0.25, 0.3) is 0 Å². The van der Waals surface area contributed by atoms with Gasteiger partial charge in [0.15, 0.2) is 5.78 Å². The van der Waals surface area contributed by atoms with E-state index in [1.807, 2.05) is 19.9 Å². The Balaban J connectivity index is 1.56. The minimum Gasteiger partial charge on any atom is -0.380 e. The van der Waals surface area contributed by atoms with E-state index in [1.54, 1.807) is 6.08 Å². The van der Waals surface area contributed by atoms with Gasteiger partial charge in [-0.3, -0.25) is 4.79 Å². The molecule has 0 aromatic rings. The summed E-state index contributed by atoms with van der Waals surface area (Å²) in [5, 5.41) is 0. The molecule has 5 aliphatic rings. The normalized spacial score (nSPS) is 42.9. The zero-order valence-corrected chi connectivity index (χ0v) is 25.8. The third-order valence-corrected chi connectivity index (χ3v) is 13.8. The Kier molecular flexibility index (Phi) is 6.53. The van der Waals surface area contributed by atoms with Gasteiger partial charge in [0.2, 0.25) is 0 Å². The Hall–Kier alpha value is -1.57. The molecule has 0 aliphatic heterocycles. The van der Waals surface area contributed by atoms with E-state index in [4.69, 9.17) is 4.18 Å². The van der Waals surface area contributed by atoms with E-state index in [9.17, 15) is 26.4 Å². The number of alkyl halides is 3. The van der Waals surface area contributed by atoms with Gasteiger partial charge < -0.3 is 4.18 Å². The lowest BCUT2D eigenvalue weighted by Crippen LogP contribution is -2.64. The van der Waals surface area contributed by atoms with E-state index < -0.39 is 21.0 Å². The molecule has 3 saturated carbocycles. The van der Waals surface area contributed by atoms with E-state index >= 15 is 0 Å². The molecule has 224 valence electrons. The van der Waals surface area contributed by atoms with Crippen LogP contribution in [0.5, 0.6) is 0 Å². The fourth-order valence-electron chi connectivity index (χ4n) is 10.8. The highest BCUT2D eigenvalue weighted by atomic mass is 32.2. The molecule has 0 unspecified atom stereocenters. The monoisotopic (exact) mass is 582 g/mol. The summed E-state index contributed by atoms with van der Waals surface area (Å²) in [6.45, 7) is 19.3. The SMILES string of the molecule is C=C[C@@]12CC[C@]3(C)[C@H](CC[C@@H]4[C@@]5(C)CC=C(OS(=O)(=O)C(F)(F)F)C(C)(C)[C@@H]5CC[C@]43C)C1=C(C(C)C)C(=O)C2. The lowest BCUT2D eigenvalue weighted by Gasteiger charge is -2.71. The second-order valence-corrected chi connectivity index (χ2v) is 16.6. The van der Waals surface area contributed by atoms with Crippen LogP contribution in [-0.2, 0) is 19.1 Å². The molecule has 0 saturated heterocycles. The molecule has 0 aromatic heterocycles. The molecular formula is C32H45F3O4S. The van der Waals surface area contributed by atoms with Gasteiger partial charge in [-0.25, -0.2) is 0 Å². The topological polar surface area (TPSA) is 60.4 Å². The minimum absolute atomic E-state index is 0.0176. The molecule has 0 N–H and O–H groups in total. The van der Waals surface area contributed by atoms with Crippen LogP contribution in [0.15, 0.2) is 35.6 Å². The molecule has 7 atom stereocenters. The second-order valence-electron chi connectivity index (χ2n) is 15.0. The van der Waals surface area contributed by atoms with Gasteiger partial charge in [0, 0.05) is 17.3 Å². The van der Waals surface area contributed by atoms with Crippen LogP contribution in [-0.4, -0.2) is 19.7 Å². The predicted molar refractivity (Wildman–Crippen MR) is 149 cm³/mol. The van der Waals surface area contributed by atoms with Gasteiger partial charge in [-0.2, -0.15) is 21.6 Å². The Morgan fingerprint density at radius 2 is 1.65 bits per heavy atom. The first-order valence-corrected chi connectivity index (χ1v) is 16.3. The Morgan fingerprint density at radius 1 is 1.00 bits per heavy atom. The number of halogens is 3. The van der Waals surface area contributed by atoms with Gasteiger partial charge in [-0.15, -0.1) is 6.58 Å². The maximum Gasteiger partial charge on any atom is 0.534 e. The smallest absolute Gasteiger partial charge is 0.380 e. The third-order valence-electron chi connectivity index (χ3n) is 12.9. The molecule has 8 heteroatoms. The van der Waals surface area contributed by atoms with Crippen molar-refractivity contribution in [2.24, 2.45) is 50.7 Å². The molecule has 0 radical (unpaired) electrons. The van der Waals surface area contributed by atoms with Crippen LogP contribution in [0.25, 0.3) is 0 Å². The van der Waals surface area contributed by atoms with Crippen molar-refractivity contribution in [3.05, 3.63) is 35.6 Å². The Bertz CT molecular complexity index is 1310. The average molecular weight is 583 g/mol. The van der Waals surface area contributed by atoms with Crippen molar-refractivity contribution in [3.8, 4) is 0 Å². The first-order chi connectivity index (χ1) is 18.2. The summed E-state index contributed by atoms with van der Waals surface area (Å²) in [5.41, 5.74) is -4.47. The highest BCUT2D eigenvalue weighted by Crippen LogP contribution is 2.76. The van der Waals surface area contributed by atoms with Crippen molar-refractivity contribution in [3.63, 3.8) is 0 Å². The van der Waals surface area contributed by atoms with Gasteiger partial charge >= 0.3 is 15.6 Å². The highest BCUT2D eigenvalue weighted by molar-refractivity contribution is 7.87. The fraction of sp³-hybridized carbons (Fsp3) is 0.781. The molecular weight excluding hydrogens is 537 g/mol. The second kappa shape index (κ2) is 8.73. The van der Waals surface area contributed by atoms with E-state index in [-0.39, 0.29) is 45.0 Å². The van der Waals surface area contributed by atoms with Crippen molar-refractivity contribution >= 4 is 15.9 Å². The quantitative estimate of drug-likeness (QED) is 0.189. The lowest BCUT2D eigenvalue weighted by molar-refractivity contribution is -0.200. The number of ketones is 1. The molecule has 40 heavy (non-hydrogen) atoms. The van der Waals surface area contributed by atoms with Gasteiger partial charge in [0.05, 0.1) is 0 Å². The summed E-state index contributed by atoms with van der Waals surface area (Å²) < 4.78 is 68.3.